The molecule has 0 heterocycles. The van der Waals surface area contributed by atoms with Gasteiger partial charge in [-0.15, -0.1) is 0 Å². The Bertz CT molecular complexity index is 393. The molecule has 1 aliphatic rings. The molecule has 2 rings (SSSR count). The molecular weight excluding hydrogens is 208 g/mol. The summed E-state index contributed by atoms with van der Waals surface area (Å²) < 4.78 is 5.24. The lowest BCUT2D eigenvalue weighted by Crippen LogP contribution is -2.26. The van der Waals surface area contributed by atoms with Gasteiger partial charge in [-0.1, -0.05) is 39.0 Å². The van der Waals surface area contributed by atoms with Crippen molar-refractivity contribution in [2.45, 2.75) is 58.0 Å². The lowest BCUT2D eigenvalue weighted by molar-refractivity contribution is 0.184. The van der Waals surface area contributed by atoms with E-state index in [-0.39, 0.29) is 0 Å². The Hall–Kier alpha value is -0.820. The molecule has 1 atom stereocenters. The van der Waals surface area contributed by atoms with E-state index in [1.165, 1.54) is 24.8 Å². The van der Waals surface area contributed by atoms with Gasteiger partial charge >= 0.3 is 0 Å². The van der Waals surface area contributed by atoms with Crippen LogP contribution in [0.1, 0.15) is 62.6 Å². The maximum Gasteiger partial charge on any atom is 0.0713 e. The summed E-state index contributed by atoms with van der Waals surface area (Å²) in [6, 6.07) is 6.92. The standard InChI is InChI=1S/C16H24O/c1-5-13-8-9-16(2,3)15-7-6-12(11-17-4)10-14(13)15/h6-7,10,13H,5,8-9,11H2,1-4H3. The molecule has 1 heteroatoms. The summed E-state index contributed by atoms with van der Waals surface area (Å²) in [5.41, 5.74) is 4.77. The average Bonchev–Trinajstić information content (AvgIpc) is 2.29. The monoisotopic (exact) mass is 232 g/mol. The van der Waals surface area contributed by atoms with Gasteiger partial charge in [-0.05, 0) is 47.3 Å². The van der Waals surface area contributed by atoms with Crippen LogP contribution >= 0.6 is 0 Å². The van der Waals surface area contributed by atoms with Gasteiger partial charge in [0.2, 0.25) is 0 Å². The molecule has 0 radical (unpaired) electrons. The molecule has 1 aromatic rings. The molecule has 1 aliphatic carbocycles. The molecule has 17 heavy (non-hydrogen) atoms. The third-order valence-electron chi connectivity index (χ3n) is 4.21. The minimum atomic E-state index is 0.340. The molecule has 0 saturated carbocycles. The van der Waals surface area contributed by atoms with E-state index < -0.39 is 0 Å². The van der Waals surface area contributed by atoms with Crippen LogP contribution in [0.15, 0.2) is 18.2 Å². The minimum absolute atomic E-state index is 0.340. The highest BCUT2D eigenvalue weighted by molar-refractivity contribution is 5.41. The second-order valence-corrected chi connectivity index (χ2v) is 5.88. The summed E-state index contributed by atoms with van der Waals surface area (Å²) in [7, 11) is 1.76. The summed E-state index contributed by atoms with van der Waals surface area (Å²) in [5.74, 6) is 0.745. The van der Waals surface area contributed by atoms with Crippen LogP contribution in [0.4, 0.5) is 0 Å². The summed E-state index contributed by atoms with van der Waals surface area (Å²) in [6.45, 7) is 7.77. The molecule has 0 bridgehead atoms. The second-order valence-electron chi connectivity index (χ2n) is 5.88. The SMILES string of the molecule is CCC1CCC(C)(C)c2ccc(COC)cc21. The zero-order valence-corrected chi connectivity index (χ0v) is 11.5. The van der Waals surface area contributed by atoms with Gasteiger partial charge in [0.15, 0.2) is 0 Å². The van der Waals surface area contributed by atoms with Crippen LogP contribution < -0.4 is 0 Å². The smallest absolute Gasteiger partial charge is 0.0713 e. The highest BCUT2D eigenvalue weighted by Crippen LogP contribution is 2.44. The highest BCUT2D eigenvalue weighted by Gasteiger charge is 2.31. The topological polar surface area (TPSA) is 9.23 Å². The summed E-state index contributed by atoms with van der Waals surface area (Å²) in [4.78, 5) is 0. The Morgan fingerprint density at radius 1 is 1.35 bits per heavy atom. The van der Waals surface area contributed by atoms with E-state index in [1.807, 2.05) is 0 Å². The first-order chi connectivity index (χ1) is 8.08. The Morgan fingerprint density at radius 3 is 2.76 bits per heavy atom. The Balaban J connectivity index is 2.44. The van der Waals surface area contributed by atoms with Gasteiger partial charge in [-0.2, -0.15) is 0 Å². The molecule has 0 amide bonds. The first kappa shape index (κ1) is 12.6. The Morgan fingerprint density at radius 2 is 2.12 bits per heavy atom. The van der Waals surface area contributed by atoms with E-state index in [0.29, 0.717) is 5.41 Å². The van der Waals surface area contributed by atoms with Gasteiger partial charge in [-0.25, -0.2) is 0 Å². The largest absolute Gasteiger partial charge is 0.380 e. The second kappa shape index (κ2) is 4.81. The van der Waals surface area contributed by atoms with Crippen molar-refractivity contribution in [2.24, 2.45) is 0 Å². The van der Waals surface area contributed by atoms with Gasteiger partial charge in [0, 0.05) is 7.11 Å². The van der Waals surface area contributed by atoms with E-state index in [4.69, 9.17) is 4.74 Å². The van der Waals surface area contributed by atoms with Crippen molar-refractivity contribution in [1.82, 2.24) is 0 Å². The number of hydrogen-bond donors (Lipinski definition) is 0. The van der Waals surface area contributed by atoms with E-state index >= 15 is 0 Å². The van der Waals surface area contributed by atoms with Crippen LogP contribution in [-0.2, 0) is 16.8 Å². The lowest BCUT2D eigenvalue weighted by atomic mass is 9.68. The van der Waals surface area contributed by atoms with Crippen LogP contribution in [0.3, 0.4) is 0 Å². The highest BCUT2D eigenvalue weighted by atomic mass is 16.5. The Kier molecular flexibility index (Phi) is 3.58. The van der Waals surface area contributed by atoms with E-state index in [0.717, 1.165) is 12.5 Å². The van der Waals surface area contributed by atoms with Crippen molar-refractivity contribution >= 4 is 0 Å². The number of rotatable bonds is 3. The predicted molar refractivity (Wildman–Crippen MR) is 72.4 cm³/mol. The summed E-state index contributed by atoms with van der Waals surface area (Å²) in [6.07, 6.45) is 3.88. The van der Waals surface area contributed by atoms with Crippen LogP contribution in [0.2, 0.25) is 0 Å². The number of benzene rings is 1. The predicted octanol–water partition coefficient (Wildman–Crippen LogP) is 4.40. The van der Waals surface area contributed by atoms with Gasteiger partial charge in [0.25, 0.3) is 0 Å². The molecule has 0 aliphatic heterocycles. The van der Waals surface area contributed by atoms with Crippen molar-refractivity contribution in [3.63, 3.8) is 0 Å². The van der Waals surface area contributed by atoms with Crippen LogP contribution in [0.25, 0.3) is 0 Å². The molecule has 0 saturated heterocycles. The number of ether oxygens (including phenoxy) is 1. The minimum Gasteiger partial charge on any atom is -0.380 e. The van der Waals surface area contributed by atoms with Crippen LogP contribution in [-0.4, -0.2) is 7.11 Å². The maximum absolute atomic E-state index is 5.24. The third-order valence-corrected chi connectivity index (χ3v) is 4.21. The van der Waals surface area contributed by atoms with Crippen molar-refractivity contribution in [2.75, 3.05) is 7.11 Å². The third kappa shape index (κ3) is 2.40. The molecule has 1 nitrogen and oxygen atoms in total. The van der Waals surface area contributed by atoms with Crippen molar-refractivity contribution in [1.29, 1.82) is 0 Å². The molecule has 0 aromatic heterocycles. The normalized spacial score (nSPS) is 22.2. The summed E-state index contributed by atoms with van der Waals surface area (Å²) in [5, 5.41) is 0. The lowest BCUT2D eigenvalue weighted by Gasteiger charge is -2.37. The molecule has 0 N–H and O–H groups in total. The molecular formula is C16H24O. The Labute approximate surface area is 105 Å². The number of fused-ring (bicyclic) bond motifs is 1. The zero-order valence-electron chi connectivity index (χ0n) is 11.5. The van der Waals surface area contributed by atoms with Gasteiger partial charge in [0.1, 0.15) is 0 Å². The first-order valence-corrected chi connectivity index (χ1v) is 6.70. The summed E-state index contributed by atoms with van der Waals surface area (Å²) >= 11 is 0. The van der Waals surface area contributed by atoms with Crippen molar-refractivity contribution < 1.29 is 4.74 Å². The van der Waals surface area contributed by atoms with Gasteiger partial charge in [-0.3, -0.25) is 0 Å². The van der Waals surface area contributed by atoms with Gasteiger partial charge < -0.3 is 4.74 Å². The zero-order chi connectivity index (χ0) is 12.5. The van der Waals surface area contributed by atoms with Gasteiger partial charge in [0.05, 0.1) is 6.61 Å². The maximum atomic E-state index is 5.24. The first-order valence-electron chi connectivity index (χ1n) is 6.70. The fourth-order valence-electron chi connectivity index (χ4n) is 3.07. The molecule has 0 spiro atoms. The van der Waals surface area contributed by atoms with E-state index in [1.54, 1.807) is 18.2 Å². The molecule has 0 fully saturated rings. The van der Waals surface area contributed by atoms with Crippen molar-refractivity contribution in [3.05, 3.63) is 34.9 Å². The molecule has 1 unspecified atom stereocenters. The fraction of sp³-hybridized carbons (Fsp3) is 0.625. The van der Waals surface area contributed by atoms with Crippen LogP contribution in [0.5, 0.6) is 0 Å². The fourth-order valence-corrected chi connectivity index (χ4v) is 3.07. The van der Waals surface area contributed by atoms with E-state index in [9.17, 15) is 0 Å². The van der Waals surface area contributed by atoms with Crippen LogP contribution in [0, 0.1) is 0 Å². The molecule has 1 aromatic carbocycles. The molecule has 94 valence electrons. The quantitative estimate of drug-likeness (QED) is 0.750. The average molecular weight is 232 g/mol. The number of methoxy groups -OCH3 is 1. The van der Waals surface area contributed by atoms with Crippen molar-refractivity contribution in [3.8, 4) is 0 Å². The number of hydrogen-bond acceptors (Lipinski definition) is 1. The van der Waals surface area contributed by atoms with E-state index in [2.05, 4.69) is 39.0 Å².